The van der Waals surface area contributed by atoms with Crippen LogP contribution < -0.4 is 0 Å². The van der Waals surface area contributed by atoms with E-state index in [-0.39, 0.29) is 0 Å². The van der Waals surface area contributed by atoms with Crippen molar-refractivity contribution in [1.82, 2.24) is 4.90 Å². The minimum Gasteiger partial charge on any atom is -0.303 e. The van der Waals surface area contributed by atoms with Crippen LogP contribution in [0.4, 0.5) is 0 Å². The van der Waals surface area contributed by atoms with E-state index in [0.717, 1.165) is 38.6 Å². The van der Waals surface area contributed by atoms with E-state index >= 15 is 0 Å². The summed E-state index contributed by atoms with van der Waals surface area (Å²) in [5.74, 6) is 0. The highest BCUT2D eigenvalue weighted by atomic mass is 31.2. The Morgan fingerprint density at radius 2 is 0.692 bits per heavy atom. The van der Waals surface area contributed by atoms with Gasteiger partial charge in [-0.15, -0.1) is 0 Å². The highest BCUT2D eigenvalue weighted by Crippen LogP contribution is 2.43. The van der Waals surface area contributed by atoms with Crippen molar-refractivity contribution in [1.29, 1.82) is 0 Å². The molecule has 236 valence electrons. The van der Waals surface area contributed by atoms with Gasteiger partial charge >= 0.3 is 7.82 Å². The van der Waals surface area contributed by atoms with E-state index in [9.17, 15) is 9.46 Å². The van der Waals surface area contributed by atoms with Crippen LogP contribution in [0.25, 0.3) is 0 Å². The van der Waals surface area contributed by atoms with Crippen molar-refractivity contribution in [3.05, 3.63) is 0 Å². The number of unbranched alkanes of at least 4 members (excludes halogenated alkanes) is 21. The molecule has 0 radical (unpaired) electrons. The highest BCUT2D eigenvalue weighted by molar-refractivity contribution is 7.47. The molecule has 0 fully saturated rings. The van der Waals surface area contributed by atoms with E-state index in [1.54, 1.807) is 0 Å². The Morgan fingerprint density at radius 3 is 1.03 bits per heavy atom. The molecule has 0 saturated carbocycles. The predicted molar refractivity (Wildman–Crippen MR) is 171 cm³/mol. The summed E-state index contributed by atoms with van der Waals surface area (Å²) in [7, 11) is -3.90. The topological polar surface area (TPSA) is 59.0 Å². The van der Waals surface area contributed by atoms with Gasteiger partial charge in [-0.3, -0.25) is 9.05 Å². The normalized spacial score (nSPS) is 13.4. The Bertz CT molecular complexity index is 504. The van der Waals surface area contributed by atoms with Gasteiger partial charge in [-0.25, -0.2) is 4.57 Å². The first kappa shape index (κ1) is 39.1. The fourth-order valence-electron chi connectivity index (χ4n) is 5.17. The van der Waals surface area contributed by atoms with Crippen molar-refractivity contribution in [3.8, 4) is 0 Å². The number of hydrogen-bond acceptors (Lipinski definition) is 4. The molecule has 1 unspecified atom stereocenters. The van der Waals surface area contributed by atoms with Gasteiger partial charge < -0.3 is 9.79 Å². The minimum atomic E-state index is -3.90. The molecule has 0 bridgehead atoms. The maximum atomic E-state index is 12.1. The van der Waals surface area contributed by atoms with Gasteiger partial charge in [0.2, 0.25) is 0 Å². The van der Waals surface area contributed by atoms with Gasteiger partial charge in [0.25, 0.3) is 0 Å². The van der Waals surface area contributed by atoms with Crippen LogP contribution in [-0.2, 0) is 13.6 Å². The number of nitrogens with zero attached hydrogens (tertiary/aromatic N) is 1. The van der Waals surface area contributed by atoms with Crippen molar-refractivity contribution in [2.75, 3.05) is 32.8 Å². The van der Waals surface area contributed by atoms with Crippen LogP contribution in [0.1, 0.15) is 181 Å². The lowest BCUT2D eigenvalue weighted by Crippen LogP contribution is -2.27. The summed E-state index contributed by atoms with van der Waals surface area (Å²) in [5, 5.41) is 0. The third kappa shape index (κ3) is 30.8. The third-order valence-electron chi connectivity index (χ3n) is 7.78. The number of rotatable bonds is 33. The largest absolute Gasteiger partial charge is 0.472 e. The summed E-state index contributed by atoms with van der Waals surface area (Å²) in [6.45, 7) is 11.0. The van der Waals surface area contributed by atoms with E-state index in [1.807, 2.05) is 0 Å². The average molecular weight is 576 g/mol. The molecule has 0 aliphatic heterocycles. The molecule has 6 heteroatoms. The van der Waals surface area contributed by atoms with Crippen molar-refractivity contribution >= 4 is 7.82 Å². The maximum Gasteiger partial charge on any atom is 0.472 e. The van der Waals surface area contributed by atoms with E-state index in [2.05, 4.69) is 25.7 Å². The van der Waals surface area contributed by atoms with Crippen LogP contribution in [-0.4, -0.2) is 42.6 Å². The Kier molecular flexibility index (Phi) is 31.1. The molecular weight excluding hydrogens is 505 g/mol. The van der Waals surface area contributed by atoms with Crippen LogP contribution in [0, 0.1) is 0 Å². The maximum absolute atomic E-state index is 12.1. The molecule has 0 aliphatic carbocycles. The second kappa shape index (κ2) is 31.0. The first-order valence-electron chi connectivity index (χ1n) is 17.4. The van der Waals surface area contributed by atoms with Crippen LogP contribution in [0.15, 0.2) is 0 Å². The van der Waals surface area contributed by atoms with Gasteiger partial charge in [0, 0.05) is 0 Å². The van der Waals surface area contributed by atoms with Crippen LogP contribution in [0.3, 0.4) is 0 Å². The Hall–Kier alpha value is 0.0700. The Labute approximate surface area is 245 Å². The van der Waals surface area contributed by atoms with E-state index in [4.69, 9.17) is 9.05 Å². The standard InChI is InChI=1S/C33H70NO4P/c1-4-7-10-13-16-17-18-19-22-27-32-37-39(35,36)38-33-28-23-26-31-34(29-24-20-14-11-8-5-2)30-25-21-15-12-9-6-3/h4-33H2,1-3H3,(H,35,36). The first-order valence-corrected chi connectivity index (χ1v) is 18.9. The van der Waals surface area contributed by atoms with Gasteiger partial charge in [-0.1, -0.05) is 143 Å². The molecule has 1 atom stereocenters. The number of phosphoric ester groups is 1. The smallest absolute Gasteiger partial charge is 0.303 e. The molecular formula is C33H70NO4P. The van der Waals surface area contributed by atoms with Crippen LogP contribution >= 0.6 is 7.82 Å². The van der Waals surface area contributed by atoms with Crippen LogP contribution in [0.2, 0.25) is 0 Å². The summed E-state index contributed by atoms with van der Waals surface area (Å²) in [6.07, 6.45) is 31.5. The predicted octanol–water partition coefficient (Wildman–Crippen LogP) is 11.2. The zero-order chi connectivity index (χ0) is 28.7. The molecule has 1 N–H and O–H groups in total. The van der Waals surface area contributed by atoms with E-state index in [1.165, 1.54) is 142 Å². The molecule has 0 aliphatic rings. The zero-order valence-corrected chi connectivity index (χ0v) is 27.7. The molecule has 0 spiro atoms. The van der Waals surface area contributed by atoms with Gasteiger partial charge in [0.05, 0.1) is 13.2 Å². The van der Waals surface area contributed by atoms with Crippen molar-refractivity contribution in [2.45, 2.75) is 181 Å². The average Bonchev–Trinajstić information content (AvgIpc) is 2.92. The SMILES string of the molecule is CCCCCCCCCCCCOP(=O)(O)OCCCCCN(CCCCCCCC)CCCCCCCC. The van der Waals surface area contributed by atoms with Crippen molar-refractivity contribution in [3.63, 3.8) is 0 Å². The van der Waals surface area contributed by atoms with Gasteiger partial charge in [-0.05, 0) is 58.2 Å². The molecule has 0 heterocycles. The first-order chi connectivity index (χ1) is 19.1. The molecule has 0 rings (SSSR count). The molecule has 0 saturated heterocycles. The number of hydrogen-bond donors (Lipinski definition) is 1. The van der Waals surface area contributed by atoms with E-state index in [0.29, 0.717) is 13.2 Å². The second-order valence-corrected chi connectivity index (χ2v) is 13.2. The summed E-state index contributed by atoms with van der Waals surface area (Å²) in [4.78, 5) is 12.6. The molecule has 5 nitrogen and oxygen atoms in total. The van der Waals surface area contributed by atoms with Crippen LogP contribution in [0.5, 0.6) is 0 Å². The van der Waals surface area contributed by atoms with Crippen molar-refractivity contribution < 1.29 is 18.5 Å². The summed E-state index contributed by atoms with van der Waals surface area (Å²) in [5.41, 5.74) is 0. The second-order valence-electron chi connectivity index (χ2n) is 11.8. The Balaban J connectivity index is 3.86. The lowest BCUT2D eigenvalue weighted by molar-refractivity contribution is 0.144. The third-order valence-corrected chi connectivity index (χ3v) is 8.80. The van der Waals surface area contributed by atoms with Gasteiger partial charge in [0.15, 0.2) is 0 Å². The summed E-state index contributed by atoms with van der Waals surface area (Å²) in [6, 6.07) is 0. The summed E-state index contributed by atoms with van der Waals surface area (Å²) >= 11 is 0. The Morgan fingerprint density at radius 1 is 0.436 bits per heavy atom. The van der Waals surface area contributed by atoms with E-state index < -0.39 is 7.82 Å². The minimum absolute atomic E-state index is 0.306. The highest BCUT2D eigenvalue weighted by Gasteiger charge is 2.20. The monoisotopic (exact) mass is 576 g/mol. The number of phosphoric acid groups is 1. The molecule has 0 aromatic carbocycles. The quantitative estimate of drug-likeness (QED) is 0.0623. The molecule has 0 aromatic rings. The molecule has 0 aromatic heterocycles. The zero-order valence-electron chi connectivity index (χ0n) is 26.8. The lowest BCUT2D eigenvalue weighted by Gasteiger charge is -2.22. The molecule has 39 heavy (non-hydrogen) atoms. The molecule has 0 amide bonds. The fraction of sp³-hybridized carbons (Fsp3) is 1.00. The van der Waals surface area contributed by atoms with Gasteiger partial charge in [0.1, 0.15) is 0 Å². The summed E-state index contributed by atoms with van der Waals surface area (Å²) < 4.78 is 22.6. The van der Waals surface area contributed by atoms with Crippen molar-refractivity contribution in [2.24, 2.45) is 0 Å². The lowest BCUT2D eigenvalue weighted by atomic mass is 10.1. The van der Waals surface area contributed by atoms with Gasteiger partial charge in [-0.2, -0.15) is 0 Å². The fourth-order valence-corrected chi connectivity index (χ4v) is 5.96.